The fourth-order valence-corrected chi connectivity index (χ4v) is 6.70. The van der Waals surface area contributed by atoms with Crippen molar-refractivity contribution >= 4 is 28.2 Å². The molecule has 2 saturated heterocycles. The summed E-state index contributed by atoms with van der Waals surface area (Å²) in [7, 11) is 3.85. The van der Waals surface area contributed by atoms with Crippen molar-refractivity contribution in [2.45, 2.75) is 44.0 Å². The third-order valence-electron chi connectivity index (χ3n) is 9.09. The number of hydrogen-bond acceptors (Lipinski definition) is 9. The van der Waals surface area contributed by atoms with Crippen molar-refractivity contribution in [3.8, 4) is 12.1 Å². The summed E-state index contributed by atoms with van der Waals surface area (Å²) in [6.45, 7) is 8.10. The van der Waals surface area contributed by atoms with Gasteiger partial charge in [-0.05, 0) is 37.4 Å². The van der Waals surface area contributed by atoms with Gasteiger partial charge in [-0.1, -0.05) is 43.0 Å². The molecule has 3 aliphatic heterocycles. The molecule has 224 valence electrons. The van der Waals surface area contributed by atoms with Gasteiger partial charge < -0.3 is 24.2 Å². The van der Waals surface area contributed by atoms with Gasteiger partial charge in [0.15, 0.2) is 0 Å². The van der Waals surface area contributed by atoms with Crippen molar-refractivity contribution in [3.63, 3.8) is 0 Å². The first-order valence-electron chi connectivity index (χ1n) is 15.0. The number of benzene rings is 2. The number of rotatable bonds is 8. The third-order valence-corrected chi connectivity index (χ3v) is 9.09. The highest BCUT2D eigenvalue weighted by Crippen LogP contribution is 2.35. The molecule has 0 saturated carbocycles. The summed E-state index contributed by atoms with van der Waals surface area (Å²) < 4.78 is 11.9. The first-order valence-corrected chi connectivity index (χ1v) is 15.0. The van der Waals surface area contributed by atoms with E-state index >= 15 is 0 Å². The molecule has 1 aromatic heterocycles. The van der Waals surface area contributed by atoms with E-state index < -0.39 is 0 Å². The van der Waals surface area contributed by atoms with E-state index in [4.69, 9.17) is 19.4 Å². The first kappa shape index (κ1) is 28.9. The van der Waals surface area contributed by atoms with Gasteiger partial charge in [0, 0.05) is 62.5 Å². The SMILES string of the molecule is C=CC(=O)N1CCN(c2nc(OCC3C[C@@H](OC)CN3C)nc3c2CCN(c2cccc4ccccc24)C3)CC1CC#N. The summed E-state index contributed by atoms with van der Waals surface area (Å²) in [5.74, 6) is 0.704. The quantitative estimate of drug-likeness (QED) is 0.371. The highest BCUT2D eigenvalue weighted by molar-refractivity contribution is 5.94. The average Bonchev–Trinajstić information content (AvgIpc) is 3.41. The van der Waals surface area contributed by atoms with Crippen molar-refractivity contribution in [2.75, 3.05) is 63.3 Å². The topological polar surface area (TPSA) is 98.1 Å². The summed E-state index contributed by atoms with van der Waals surface area (Å²) in [5, 5.41) is 12.0. The monoisotopic (exact) mass is 581 g/mol. The van der Waals surface area contributed by atoms with Gasteiger partial charge in [-0.15, -0.1) is 0 Å². The number of nitrogens with zero attached hydrogens (tertiary/aromatic N) is 7. The molecule has 1 amide bonds. The molecule has 3 atom stereocenters. The van der Waals surface area contributed by atoms with Gasteiger partial charge in [-0.2, -0.15) is 15.2 Å². The van der Waals surface area contributed by atoms with Gasteiger partial charge in [0.25, 0.3) is 0 Å². The number of piperazine rings is 1. The molecule has 0 spiro atoms. The number of nitriles is 1. The lowest BCUT2D eigenvalue weighted by molar-refractivity contribution is -0.128. The van der Waals surface area contributed by atoms with Crippen LogP contribution < -0.4 is 14.5 Å². The van der Waals surface area contributed by atoms with Gasteiger partial charge in [0.2, 0.25) is 5.91 Å². The summed E-state index contributed by atoms with van der Waals surface area (Å²) in [4.78, 5) is 31.1. The number of carbonyl (C=O) groups is 1. The lowest BCUT2D eigenvalue weighted by Gasteiger charge is -2.42. The van der Waals surface area contributed by atoms with E-state index in [1.54, 1.807) is 12.0 Å². The molecule has 4 heterocycles. The number of ether oxygens (including phenoxy) is 2. The minimum atomic E-state index is -0.242. The predicted octanol–water partition coefficient (Wildman–Crippen LogP) is 3.41. The van der Waals surface area contributed by atoms with Crippen molar-refractivity contribution < 1.29 is 14.3 Å². The molecule has 3 aliphatic rings. The van der Waals surface area contributed by atoms with Crippen LogP contribution in [0.25, 0.3) is 10.8 Å². The molecule has 0 bridgehead atoms. The van der Waals surface area contributed by atoms with E-state index in [1.807, 2.05) is 0 Å². The zero-order chi connectivity index (χ0) is 29.9. The normalized spacial score (nSPS) is 22.3. The molecule has 10 nitrogen and oxygen atoms in total. The Labute approximate surface area is 253 Å². The molecule has 10 heteroatoms. The number of likely N-dealkylation sites (N-methyl/N-ethyl adjacent to an activating group) is 1. The maximum Gasteiger partial charge on any atom is 0.318 e. The standard InChI is InChI=1S/C33H39N7O3/c1-4-31(41)40-17-16-39(19-24(40)12-14-34)32-28-13-15-38(30-11-7-9-23-8-5-6-10-27(23)30)21-29(28)35-33(36-32)43-22-25-18-26(42-3)20-37(25)2/h4-11,24-26H,1,12-13,15-22H2,2-3H3/t24?,25?,26-/m1/s1. The molecular formula is C33H39N7O3. The number of fused-ring (bicyclic) bond motifs is 2. The Hall–Kier alpha value is -4.20. The van der Waals surface area contributed by atoms with Crippen molar-refractivity contribution in [1.82, 2.24) is 19.8 Å². The average molecular weight is 582 g/mol. The number of methoxy groups -OCH3 is 1. The van der Waals surface area contributed by atoms with Crippen LogP contribution in [0, 0.1) is 11.3 Å². The second kappa shape index (κ2) is 12.6. The van der Waals surface area contributed by atoms with E-state index in [0.29, 0.717) is 38.8 Å². The molecule has 0 aliphatic carbocycles. The second-order valence-electron chi connectivity index (χ2n) is 11.6. The van der Waals surface area contributed by atoms with Gasteiger partial charge in [-0.25, -0.2) is 0 Å². The Morgan fingerprint density at radius 1 is 1.09 bits per heavy atom. The summed E-state index contributed by atoms with van der Waals surface area (Å²) in [6, 6.07) is 17.5. The Morgan fingerprint density at radius 2 is 1.93 bits per heavy atom. The van der Waals surface area contributed by atoms with E-state index in [1.165, 1.54) is 22.5 Å². The van der Waals surface area contributed by atoms with Crippen LogP contribution in [0.4, 0.5) is 11.5 Å². The lowest BCUT2D eigenvalue weighted by Crippen LogP contribution is -2.55. The highest BCUT2D eigenvalue weighted by atomic mass is 16.5. The Morgan fingerprint density at radius 3 is 2.72 bits per heavy atom. The maximum absolute atomic E-state index is 12.5. The number of aromatic nitrogens is 2. The maximum atomic E-state index is 12.5. The number of likely N-dealkylation sites (tertiary alicyclic amines) is 1. The van der Waals surface area contributed by atoms with Gasteiger partial charge in [-0.3, -0.25) is 9.69 Å². The van der Waals surface area contributed by atoms with Crippen LogP contribution in [0.1, 0.15) is 24.1 Å². The largest absolute Gasteiger partial charge is 0.462 e. The number of amides is 1. The van der Waals surface area contributed by atoms with Crippen molar-refractivity contribution in [2.24, 2.45) is 0 Å². The first-order chi connectivity index (χ1) is 21.0. The minimum absolute atomic E-state index is 0.144. The fourth-order valence-electron chi connectivity index (χ4n) is 6.70. The molecule has 3 aromatic rings. The Bertz CT molecular complexity index is 1530. The molecule has 2 aromatic carbocycles. The Kier molecular flexibility index (Phi) is 8.45. The Balaban J connectivity index is 1.32. The van der Waals surface area contributed by atoms with Crippen LogP contribution in [0.3, 0.4) is 0 Å². The van der Waals surface area contributed by atoms with E-state index in [0.717, 1.165) is 43.0 Å². The van der Waals surface area contributed by atoms with Crippen LogP contribution in [0.2, 0.25) is 0 Å². The van der Waals surface area contributed by atoms with Crippen LogP contribution in [0.5, 0.6) is 6.01 Å². The molecular weight excluding hydrogens is 542 g/mol. The highest BCUT2D eigenvalue weighted by Gasteiger charge is 2.34. The number of hydrogen-bond donors (Lipinski definition) is 0. The van der Waals surface area contributed by atoms with Crippen LogP contribution in [-0.4, -0.2) is 97.4 Å². The van der Waals surface area contributed by atoms with Gasteiger partial charge >= 0.3 is 6.01 Å². The molecule has 0 N–H and O–H groups in total. The predicted molar refractivity (Wildman–Crippen MR) is 166 cm³/mol. The summed E-state index contributed by atoms with van der Waals surface area (Å²) in [5.41, 5.74) is 3.26. The lowest BCUT2D eigenvalue weighted by atomic mass is 10.0. The molecule has 6 rings (SSSR count). The molecule has 43 heavy (non-hydrogen) atoms. The zero-order valence-corrected chi connectivity index (χ0v) is 25.0. The van der Waals surface area contributed by atoms with E-state index in [9.17, 15) is 10.1 Å². The van der Waals surface area contributed by atoms with E-state index in [-0.39, 0.29) is 30.5 Å². The van der Waals surface area contributed by atoms with Crippen molar-refractivity contribution in [3.05, 3.63) is 66.4 Å². The summed E-state index contributed by atoms with van der Waals surface area (Å²) in [6.07, 6.45) is 3.45. The second-order valence-corrected chi connectivity index (χ2v) is 11.6. The van der Waals surface area contributed by atoms with Gasteiger partial charge in [0.05, 0.1) is 36.9 Å². The number of anilines is 2. The van der Waals surface area contributed by atoms with Crippen LogP contribution >= 0.6 is 0 Å². The molecule has 0 radical (unpaired) electrons. The minimum Gasteiger partial charge on any atom is -0.462 e. The van der Waals surface area contributed by atoms with Crippen LogP contribution in [0.15, 0.2) is 55.1 Å². The molecule has 2 fully saturated rings. The van der Waals surface area contributed by atoms with E-state index in [2.05, 4.69) is 76.9 Å². The smallest absolute Gasteiger partial charge is 0.318 e. The fraction of sp³-hybridized carbons (Fsp3) is 0.455. The number of carbonyl (C=O) groups excluding carboxylic acids is 1. The zero-order valence-electron chi connectivity index (χ0n) is 25.0. The molecule has 2 unspecified atom stereocenters. The third kappa shape index (κ3) is 5.88. The van der Waals surface area contributed by atoms with Crippen molar-refractivity contribution in [1.29, 1.82) is 5.26 Å². The van der Waals surface area contributed by atoms with Crippen LogP contribution in [-0.2, 0) is 22.5 Å². The van der Waals surface area contributed by atoms with Gasteiger partial charge in [0.1, 0.15) is 12.4 Å². The summed E-state index contributed by atoms with van der Waals surface area (Å²) >= 11 is 0.